The molecule has 0 radical (unpaired) electrons. The van der Waals surface area contributed by atoms with Gasteiger partial charge in [0.2, 0.25) is 0 Å². The maximum absolute atomic E-state index is 13.2. The van der Waals surface area contributed by atoms with E-state index in [9.17, 15) is 27.2 Å². The van der Waals surface area contributed by atoms with Crippen LogP contribution in [-0.4, -0.2) is 21.8 Å². The Bertz CT molecular complexity index is 1140. The van der Waals surface area contributed by atoms with Crippen LogP contribution in [0.2, 0.25) is 0 Å². The van der Waals surface area contributed by atoms with Crippen LogP contribution in [0.1, 0.15) is 23.7 Å². The fourth-order valence-electron chi connectivity index (χ4n) is 3.30. The van der Waals surface area contributed by atoms with E-state index in [-0.39, 0.29) is 6.54 Å². The average Bonchev–Trinajstić information content (AvgIpc) is 3.27. The van der Waals surface area contributed by atoms with E-state index in [0.717, 1.165) is 17.0 Å². The highest BCUT2D eigenvalue weighted by molar-refractivity contribution is 7.13. The predicted molar refractivity (Wildman–Crippen MR) is 105 cm³/mol. The van der Waals surface area contributed by atoms with Crippen LogP contribution in [0.3, 0.4) is 0 Å². The number of aromatic nitrogens is 1. The van der Waals surface area contributed by atoms with E-state index in [0.29, 0.717) is 21.8 Å². The van der Waals surface area contributed by atoms with Crippen molar-refractivity contribution in [1.82, 2.24) is 15.2 Å². The van der Waals surface area contributed by atoms with Gasteiger partial charge < -0.3 is 5.32 Å². The van der Waals surface area contributed by atoms with Gasteiger partial charge in [0.25, 0.3) is 5.91 Å². The van der Waals surface area contributed by atoms with Crippen molar-refractivity contribution < 1.29 is 27.2 Å². The zero-order valence-electron chi connectivity index (χ0n) is 16.0. The van der Waals surface area contributed by atoms with Crippen LogP contribution in [0, 0.1) is 5.82 Å². The Hall–Kier alpha value is -3.27. The van der Waals surface area contributed by atoms with Gasteiger partial charge in [0.15, 0.2) is 0 Å². The highest BCUT2D eigenvalue weighted by Crippen LogP contribution is 2.33. The molecule has 0 saturated carbocycles. The third-order valence-electron chi connectivity index (χ3n) is 5.03. The number of nitrogens with one attached hydrogen (secondary N) is 1. The highest BCUT2D eigenvalue weighted by Gasteiger charge is 2.49. The lowest BCUT2D eigenvalue weighted by molar-refractivity contribution is -0.137. The molecule has 1 atom stereocenters. The molecule has 1 fully saturated rings. The van der Waals surface area contributed by atoms with Gasteiger partial charge in [-0.1, -0.05) is 24.3 Å². The van der Waals surface area contributed by atoms with E-state index in [1.807, 2.05) is 0 Å². The van der Waals surface area contributed by atoms with Crippen molar-refractivity contribution in [3.63, 3.8) is 0 Å². The largest absolute Gasteiger partial charge is 0.416 e. The van der Waals surface area contributed by atoms with Gasteiger partial charge in [0, 0.05) is 10.9 Å². The average molecular weight is 449 g/mol. The van der Waals surface area contributed by atoms with Crippen molar-refractivity contribution in [1.29, 1.82) is 0 Å². The van der Waals surface area contributed by atoms with Crippen molar-refractivity contribution in [2.45, 2.75) is 25.2 Å². The number of halogens is 4. The summed E-state index contributed by atoms with van der Waals surface area (Å²) in [4.78, 5) is 30.8. The first-order valence-electron chi connectivity index (χ1n) is 9.10. The number of imide groups is 1. The molecule has 0 spiro atoms. The number of alkyl halides is 3. The van der Waals surface area contributed by atoms with E-state index < -0.39 is 35.0 Å². The lowest BCUT2D eigenvalue weighted by atomic mass is 9.92. The lowest BCUT2D eigenvalue weighted by Crippen LogP contribution is -2.40. The van der Waals surface area contributed by atoms with Crippen LogP contribution in [0.4, 0.5) is 22.4 Å². The van der Waals surface area contributed by atoms with Gasteiger partial charge >= 0.3 is 12.2 Å². The fraction of sp³-hybridized carbons (Fsp3) is 0.190. The molecule has 160 valence electrons. The van der Waals surface area contributed by atoms with Crippen LogP contribution in [0.15, 0.2) is 53.9 Å². The molecule has 31 heavy (non-hydrogen) atoms. The first kappa shape index (κ1) is 21.0. The van der Waals surface area contributed by atoms with E-state index in [4.69, 9.17) is 0 Å². The summed E-state index contributed by atoms with van der Waals surface area (Å²) < 4.78 is 51.4. The van der Waals surface area contributed by atoms with Crippen LogP contribution >= 0.6 is 11.3 Å². The summed E-state index contributed by atoms with van der Waals surface area (Å²) in [6.45, 7) is 1.44. The second-order valence-corrected chi connectivity index (χ2v) is 8.03. The van der Waals surface area contributed by atoms with Crippen LogP contribution in [0.25, 0.3) is 10.6 Å². The summed E-state index contributed by atoms with van der Waals surface area (Å²) in [5, 5.41) is 4.74. The zero-order chi connectivity index (χ0) is 22.4. The smallest absolute Gasteiger partial charge is 0.319 e. The molecule has 0 aliphatic carbocycles. The van der Waals surface area contributed by atoms with Crippen molar-refractivity contribution in [3.05, 3.63) is 76.5 Å². The number of carbonyl (C=O) groups is 2. The summed E-state index contributed by atoms with van der Waals surface area (Å²) in [7, 11) is 0. The lowest BCUT2D eigenvalue weighted by Gasteiger charge is -2.22. The Kier molecular flexibility index (Phi) is 5.04. The third-order valence-corrected chi connectivity index (χ3v) is 5.97. The number of thiazole rings is 1. The molecule has 2 aromatic carbocycles. The monoisotopic (exact) mass is 449 g/mol. The Balaban J connectivity index is 1.52. The summed E-state index contributed by atoms with van der Waals surface area (Å²) in [5.74, 6) is -0.965. The van der Waals surface area contributed by atoms with E-state index in [2.05, 4.69) is 10.3 Å². The topological polar surface area (TPSA) is 62.3 Å². The fourth-order valence-corrected chi connectivity index (χ4v) is 4.11. The maximum Gasteiger partial charge on any atom is 0.416 e. The van der Waals surface area contributed by atoms with Gasteiger partial charge in [-0.15, -0.1) is 11.3 Å². The molecule has 1 N–H and O–H groups in total. The number of rotatable bonds is 4. The minimum Gasteiger partial charge on any atom is -0.319 e. The number of amides is 3. The van der Waals surface area contributed by atoms with Gasteiger partial charge in [-0.2, -0.15) is 13.2 Å². The molecule has 5 nitrogen and oxygen atoms in total. The van der Waals surface area contributed by atoms with Crippen LogP contribution in [-0.2, 0) is 23.1 Å². The van der Waals surface area contributed by atoms with E-state index in [1.165, 1.54) is 54.7 Å². The van der Waals surface area contributed by atoms with Gasteiger partial charge in [-0.3, -0.25) is 9.69 Å². The SMILES string of the molecule is CC1(c2ccc(F)cc2)NC(=O)N(Cc2csc(-c3ccc(C(F)(F)F)cc3)n2)C1=O. The summed E-state index contributed by atoms with van der Waals surface area (Å²) in [6.07, 6.45) is -4.42. The number of carbonyl (C=O) groups excluding carboxylic acids is 2. The van der Waals surface area contributed by atoms with Crippen molar-refractivity contribution in [2.24, 2.45) is 0 Å². The van der Waals surface area contributed by atoms with Gasteiger partial charge in [0.05, 0.1) is 17.8 Å². The molecule has 10 heteroatoms. The van der Waals surface area contributed by atoms with Gasteiger partial charge in [0.1, 0.15) is 16.4 Å². The molecule has 1 aromatic heterocycles. The molecule has 0 bridgehead atoms. The number of nitrogens with zero attached hydrogens (tertiary/aromatic N) is 2. The molecule has 1 saturated heterocycles. The summed E-state index contributed by atoms with van der Waals surface area (Å²) in [6, 6.07) is 9.27. The van der Waals surface area contributed by atoms with Crippen LogP contribution in [0.5, 0.6) is 0 Å². The second-order valence-electron chi connectivity index (χ2n) is 7.17. The first-order chi connectivity index (χ1) is 14.6. The maximum atomic E-state index is 13.2. The quantitative estimate of drug-likeness (QED) is 0.454. The minimum atomic E-state index is -4.42. The molecule has 4 rings (SSSR count). The van der Waals surface area contributed by atoms with Crippen molar-refractivity contribution >= 4 is 23.3 Å². The molecular weight excluding hydrogens is 434 g/mol. The van der Waals surface area contributed by atoms with Gasteiger partial charge in [-0.25, -0.2) is 14.2 Å². The summed E-state index contributed by atoms with van der Waals surface area (Å²) >= 11 is 1.20. The first-order valence-corrected chi connectivity index (χ1v) is 9.98. The summed E-state index contributed by atoms with van der Waals surface area (Å²) in [5.41, 5.74) is -0.730. The highest BCUT2D eigenvalue weighted by atomic mass is 32.1. The van der Waals surface area contributed by atoms with Crippen molar-refractivity contribution in [3.8, 4) is 10.6 Å². The molecule has 2 heterocycles. The number of hydrogen-bond donors (Lipinski definition) is 1. The van der Waals surface area contributed by atoms with Crippen molar-refractivity contribution in [2.75, 3.05) is 0 Å². The normalized spacial score (nSPS) is 19.1. The Labute approximate surface area is 178 Å². The number of benzene rings is 2. The number of hydrogen-bond acceptors (Lipinski definition) is 4. The molecule has 1 aliphatic rings. The Morgan fingerprint density at radius 1 is 1.06 bits per heavy atom. The standard InChI is InChI=1S/C21H15F4N3O2S/c1-20(13-6-8-15(22)9-7-13)18(29)28(19(30)27-20)10-16-11-31-17(26-16)12-2-4-14(5-3-12)21(23,24)25/h2-9,11H,10H2,1H3,(H,27,30). The Morgan fingerprint density at radius 2 is 1.71 bits per heavy atom. The molecular formula is C21H15F4N3O2S. The Morgan fingerprint density at radius 3 is 2.32 bits per heavy atom. The van der Waals surface area contributed by atoms with Gasteiger partial charge in [-0.05, 0) is 36.8 Å². The third kappa shape index (κ3) is 3.90. The second kappa shape index (κ2) is 7.45. The van der Waals surface area contributed by atoms with Crippen LogP contribution < -0.4 is 5.32 Å². The number of urea groups is 1. The van der Waals surface area contributed by atoms with E-state index in [1.54, 1.807) is 5.38 Å². The molecule has 3 amide bonds. The zero-order valence-corrected chi connectivity index (χ0v) is 16.9. The predicted octanol–water partition coefficient (Wildman–Crippen LogP) is 4.94. The molecule has 3 aromatic rings. The minimum absolute atomic E-state index is 0.0986. The molecule has 1 unspecified atom stereocenters. The van der Waals surface area contributed by atoms with E-state index >= 15 is 0 Å². The molecule has 1 aliphatic heterocycles.